The number of aromatic amines is 2. The molecule has 0 aliphatic heterocycles. The molecular formula is C47H55N5O6. The van der Waals surface area contributed by atoms with Crippen LogP contribution in [0.15, 0.2) is 113 Å². The molecule has 11 heteroatoms. The molecule has 304 valence electrons. The van der Waals surface area contributed by atoms with Gasteiger partial charge in [0, 0.05) is 36.1 Å². The average molecular weight is 786 g/mol. The molecule has 1 saturated carbocycles. The Hall–Kier alpha value is -5.49. The summed E-state index contributed by atoms with van der Waals surface area (Å²) in [5.74, 6) is -0.260. The van der Waals surface area contributed by atoms with Gasteiger partial charge < -0.3 is 35.1 Å². The highest BCUT2D eigenvalue weighted by Crippen LogP contribution is 2.36. The molecule has 4 aromatic carbocycles. The number of hydrogen-bond donors (Lipinski definition) is 5. The SMILES string of the molecule is CN(CCCn1c(=O)[nH]c2cc(CC(C)(C)NC[C@H](O)c3ccc(O)c4[nH]c(=O)ccc34)ccc21)C1CCC(OC(=O)C(C)(c2ccccc2)c2ccccc2)CC1. The molecule has 1 aliphatic rings. The predicted octanol–water partition coefficient (Wildman–Crippen LogP) is 6.70. The van der Waals surface area contributed by atoms with E-state index >= 15 is 0 Å². The smallest absolute Gasteiger partial charge is 0.326 e. The van der Waals surface area contributed by atoms with Crippen molar-refractivity contribution in [3.05, 3.63) is 146 Å². The van der Waals surface area contributed by atoms with E-state index in [1.165, 1.54) is 12.1 Å². The molecule has 1 atom stereocenters. The fourth-order valence-corrected chi connectivity index (χ4v) is 8.63. The van der Waals surface area contributed by atoms with Crippen LogP contribution in [0.25, 0.3) is 21.9 Å². The summed E-state index contributed by atoms with van der Waals surface area (Å²) in [6, 6.07) is 32.3. The first-order chi connectivity index (χ1) is 27.8. The molecule has 7 rings (SSSR count). The molecule has 2 heterocycles. The maximum absolute atomic E-state index is 13.9. The second-order valence-electron chi connectivity index (χ2n) is 16.7. The normalized spacial score (nSPS) is 16.9. The Balaban J connectivity index is 0.897. The largest absolute Gasteiger partial charge is 0.506 e. The fourth-order valence-electron chi connectivity index (χ4n) is 8.63. The van der Waals surface area contributed by atoms with Crippen LogP contribution in [0.5, 0.6) is 5.75 Å². The minimum Gasteiger partial charge on any atom is -0.506 e. The number of nitrogens with one attached hydrogen (secondary N) is 3. The number of carbonyl (C=O) groups is 1. The lowest BCUT2D eigenvalue weighted by Gasteiger charge is -2.36. The van der Waals surface area contributed by atoms with Crippen LogP contribution in [0.3, 0.4) is 0 Å². The number of aromatic hydroxyl groups is 1. The molecule has 0 unspecified atom stereocenters. The maximum atomic E-state index is 13.9. The zero-order valence-electron chi connectivity index (χ0n) is 33.8. The third-order valence-corrected chi connectivity index (χ3v) is 12.1. The predicted molar refractivity (Wildman–Crippen MR) is 228 cm³/mol. The molecule has 6 aromatic rings. The van der Waals surface area contributed by atoms with Gasteiger partial charge in [-0.1, -0.05) is 72.8 Å². The quantitative estimate of drug-likeness (QED) is 0.0722. The van der Waals surface area contributed by atoms with E-state index in [1.54, 1.807) is 12.1 Å². The molecular weight excluding hydrogens is 731 g/mol. The van der Waals surface area contributed by atoms with Gasteiger partial charge in [0.2, 0.25) is 5.56 Å². The minimum atomic E-state index is -0.894. The highest BCUT2D eigenvalue weighted by atomic mass is 16.5. The Morgan fingerprint density at radius 1 is 0.897 bits per heavy atom. The number of β-amino-alcohol motifs (C(OH)–C–C–N with tert-alkyl or cyclic N) is 1. The van der Waals surface area contributed by atoms with Gasteiger partial charge in [0.05, 0.1) is 22.7 Å². The van der Waals surface area contributed by atoms with Gasteiger partial charge in [-0.25, -0.2) is 4.79 Å². The Labute approximate surface area is 338 Å². The number of rotatable bonds is 15. The van der Waals surface area contributed by atoms with Crippen LogP contribution < -0.4 is 16.6 Å². The van der Waals surface area contributed by atoms with E-state index in [0.717, 1.165) is 66.4 Å². The van der Waals surface area contributed by atoms with Gasteiger partial charge in [0.1, 0.15) is 17.3 Å². The second kappa shape index (κ2) is 17.2. The van der Waals surface area contributed by atoms with Crippen LogP contribution >= 0.6 is 0 Å². The number of aromatic nitrogens is 3. The number of esters is 1. The van der Waals surface area contributed by atoms with Gasteiger partial charge in [0.25, 0.3) is 0 Å². The van der Waals surface area contributed by atoms with Crippen molar-refractivity contribution in [2.24, 2.45) is 0 Å². The number of phenols is 1. The highest BCUT2D eigenvalue weighted by molar-refractivity contribution is 5.88. The summed E-state index contributed by atoms with van der Waals surface area (Å²) < 4.78 is 8.06. The maximum Gasteiger partial charge on any atom is 0.326 e. The fraction of sp³-hybridized carbons (Fsp3) is 0.383. The molecule has 1 aliphatic carbocycles. The van der Waals surface area contributed by atoms with E-state index in [9.17, 15) is 24.6 Å². The number of imidazole rings is 1. The number of ether oxygens (including phenoxy) is 1. The van der Waals surface area contributed by atoms with Crippen molar-refractivity contribution in [1.82, 2.24) is 24.8 Å². The Morgan fingerprint density at radius 3 is 2.24 bits per heavy atom. The van der Waals surface area contributed by atoms with E-state index in [2.05, 4.69) is 47.1 Å². The van der Waals surface area contributed by atoms with Gasteiger partial charge in [-0.3, -0.25) is 14.2 Å². The van der Waals surface area contributed by atoms with Crippen LogP contribution in [-0.2, 0) is 27.9 Å². The van der Waals surface area contributed by atoms with E-state index in [4.69, 9.17) is 4.74 Å². The molecule has 58 heavy (non-hydrogen) atoms. The molecule has 0 amide bonds. The molecule has 11 nitrogen and oxygen atoms in total. The van der Waals surface area contributed by atoms with E-state index in [1.807, 2.05) is 84.3 Å². The molecule has 5 N–H and O–H groups in total. The monoisotopic (exact) mass is 785 g/mol. The average Bonchev–Trinajstić information content (AvgIpc) is 3.54. The second-order valence-corrected chi connectivity index (χ2v) is 16.7. The lowest BCUT2D eigenvalue weighted by atomic mass is 9.76. The van der Waals surface area contributed by atoms with Crippen molar-refractivity contribution in [3.8, 4) is 5.75 Å². The third-order valence-electron chi connectivity index (χ3n) is 12.1. The minimum absolute atomic E-state index is 0.0473. The van der Waals surface area contributed by atoms with Gasteiger partial charge in [-0.2, -0.15) is 0 Å². The van der Waals surface area contributed by atoms with Gasteiger partial charge in [0.15, 0.2) is 0 Å². The summed E-state index contributed by atoms with van der Waals surface area (Å²) in [7, 11) is 2.15. The van der Waals surface area contributed by atoms with Crippen LogP contribution in [0, 0.1) is 0 Å². The highest BCUT2D eigenvalue weighted by Gasteiger charge is 2.40. The first-order valence-corrected chi connectivity index (χ1v) is 20.3. The first kappa shape index (κ1) is 40.7. The number of nitrogens with zero attached hydrogens (tertiary/aromatic N) is 2. The Bertz CT molecular complexity index is 2430. The van der Waals surface area contributed by atoms with E-state index in [0.29, 0.717) is 35.5 Å². The zero-order chi connectivity index (χ0) is 41.0. The van der Waals surface area contributed by atoms with Crippen LogP contribution in [0.1, 0.15) is 81.2 Å². The van der Waals surface area contributed by atoms with Crippen molar-refractivity contribution in [1.29, 1.82) is 0 Å². The topological polar surface area (TPSA) is 153 Å². The van der Waals surface area contributed by atoms with Crippen molar-refractivity contribution in [2.45, 2.75) is 95.0 Å². The van der Waals surface area contributed by atoms with E-state index in [-0.39, 0.29) is 35.6 Å². The number of benzene rings is 4. The number of carbonyl (C=O) groups excluding carboxylic acids is 1. The van der Waals surface area contributed by atoms with Crippen molar-refractivity contribution in [2.75, 3.05) is 20.1 Å². The van der Waals surface area contributed by atoms with Crippen LogP contribution in [0.2, 0.25) is 0 Å². The molecule has 0 bridgehead atoms. The summed E-state index contributed by atoms with van der Waals surface area (Å²) in [5, 5.41) is 25.4. The van der Waals surface area contributed by atoms with E-state index < -0.39 is 17.1 Å². The first-order valence-electron chi connectivity index (χ1n) is 20.3. The van der Waals surface area contributed by atoms with Crippen molar-refractivity contribution < 1.29 is 19.7 Å². The van der Waals surface area contributed by atoms with Crippen LogP contribution in [0.4, 0.5) is 0 Å². The number of fused-ring (bicyclic) bond motifs is 2. The third kappa shape index (κ3) is 8.82. The summed E-state index contributed by atoms with van der Waals surface area (Å²) in [5.41, 5.74) is 3.72. The number of aliphatic hydroxyl groups is 1. The number of aryl methyl sites for hydroxylation is 1. The number of aliphatic hydroxyl groups excluding tert-OH is 1. The molecule has 0 spiro atoms. The zero-order valence-corrected chi connectivity index (χ0v) is 33.8. The van der Waals surface area contributed by atoms with Crippen LogP contribution in [-0.4, -0.2) is 73.4 Å². The summed E-state index contributed by atoms with van der Waals surface area (Å²) in [4.78, 5) is 46.9. The lowest BCUT2D eigenvalue weighted by molar-refractivity contribution is -0.156. The summed E-state index contributed by atoms with van der Waals surface area (Å²) in [6.45, 7) is 7.78. The molecule has 0 radical (unpaired) electrons. The summed E-state index contributed by atoms with van der Waals surface area (Å²) >= 11 is 0. The Morgan fingerprint density at radius 2 is 1.57 bits per heavy atom. The lowest BCUT2D eigenvalue weighted by Crippen LogP contribution is -2.43. The number of hydrogen-bond acceptors (Lipinski definition) is 8. The molecule has 2 aromatic heterocycles. The number of H-pyrrole nitrogens is 2. The van der Waals surface area contributed by atoms with Crippen molar-refractivity contribution >= 4 is 27.9 Å². The molecule has 1 fully saturated rings. The number of phenolic OH excluding ortho intramolecular Hbond substituents is 1. The van der Waals surface area contributed by atoms with Gasteiger partial charge in [-0.15, -0.1) is 0 Å². The van der Waals surface area contributed by atoms with Crippen molar-refractivity contribution in [3.63, 3.8) is 0 Å². The standard InChI is InChI=1S/C47H55N5O6/c1-46(2,48-30-41(54)36-21-24-40(53)43-37(36)22-25-42(55)50-43)29-31-16-23-39-38(28-31)49-45(57)52(39)27-11-26-51(4)34-17-19-35(20-18-34)58-44(56)47(3,32-12-7-5-8-13-32)33-14-9-6-10-15-33/h5-10,12-16,21-25,28,34-35,41,48,53-54H,11,17-20,26-27,29-30H2,1-4H3,(H,49,57)(H,50,55)/t34?,35?,41-/m0/s1. The van der Waals surface area contributed by atoms with Gasteiger partial charge in [-0.05, 0) is 119 Å². The van der Waals surface area contributed by atoms with Gasteiger partial charge >= 0.3 is 11.7 Å². The number of pyridine rings is 1. The molecule has 0 saturated heterocycles. The Kier molecular flexibility index (Phi) is 12.0. The summed E-state index contributed by atoms with van der Waals surface area (Å²) in [6.07, 6.45) is 3.99.